The highest BCUT2D eigenvalue weighted by Gasteiger charge is 2.12. The summed E-state index contributed by atoms with van der Waals surface area (Å²) < 4.78 is 1.19. The zero-order valence-electron chi connectivity index (χ0n) is 10.3. The maximum atomic E-state index is 11.2. The summed E-state index contributed by atoms with van der Waals surface area (Å²) in [4.78, 5) is 19.5. The first-order chi connectivity index (χ1) is 9.15. The first kappa shape index (κ1) is 11.8. The van der Waals surface area contributed by atoms with Crippen molar-refractivity contribution in [3.63, 3.8) is 0 Å². The number of hydrogen-bond acceptors (Lipinski definition) is 4. The maximum Gasteiger partial charge on any atom is 0.286 e. The lowest BCUT2D eigenvalue weighted by atomic mass is 10.1. The fraction of sp³-hybridized carbons (Fsp3) is 0.0714. The summed E-state index contributed by atoms with van der Waals surface area (Å²) in [6, 6.07) is 9.96. The average Bonchev–Trinajstić information content (AvgIpc) is 2.81. The lowest BCUT2D eigenvalue weighted by Crippen LogP contribution is -2.16. The molecule has 0 spiro atoms. The highest BCUT2D eigenvalue weighted by atomic mass is 32.1. The van der Waals surface area contributed by atoms with Crippen molar-refractivity contribution in [3.05, 3.63) is 47.2 Å². The Balaban J connectivity index is 2.24. The van der Waals surface area contributed by atoms with Crippen LogP contribution >= 0.6 is 11.3 Å². The molecule has 1 aromatic carbocycles. The Hall–Kier alpha value is -2.27. The first-order valence-corrected chi connectivity index (χ1v) is 6.65. The lowest BCUT2D eigenvalue weighted by Gasteiger charge is -2.03. The van der Waals surface area contributed by atoms with Crippen molar-refractivity contribution in [3.8, 4) is 11.3 Å². The topological polar surface area (TPSA) is 68.9 Å². The van der Waals surface area contributed by atoms with Gasteiger partial charge in [-0.1, -0.05) is 18.2 Å². The Morgan fingerprint density at radius 1 is 1.26 bits per heavy atom. The minimum absolute atomic E-state index is 0.0604. The van der Waals surface area contributed by atoms with Crippen LogP contribution in [0.1, 0.15) is 16.3 Å². The molecular weight excluding hydrogens is 258 g/mol. The third-order valence-corrected chi connectivity index (χ3v) is 3.80. The minimum atomic E-state index is -0.607. The molecule has 0 atom stereocenters. The van der Waals surface area contributed by atoms with Crippen molar-refractivity contribution >= 4 is 27.3 Å². The summed E-state index contributed by atoms with van der Waals surface area (Å²) in [7, 11) is 0. The van der Waals surface area contributed by atoms with E-state index in [0.29, 0.717) is 0 Å². The Labute approximate surface area is 113 Å². The van der Waals surface area contributed by atoms with Gasteiger partial charge in [-0.15, -0.1) is 11.3 Å². The van der Waals surface area contributed by atoms with E-state index in [0.717, 1.165) is 22.3 Å². The maximum absolute atomic E-state index is 11.2. The predicted molar refractivity (Wildman–Crippen MR) is 76.1 cm³/mol. The van der Waals surface area contributed by atoms with Crippen LogP contribution in [-0.4, -0.2) is 15.9 Å². The fourth-order valence-electron chi connectivity index (χ4n) is 1.99. The molecule has 19 heavy (non-hydrogen) atoms. The summed E-state index contributed by atoms with van der Waals surface area (Å²) >= 11 is 1.65. The lowest BCUT2D eigenvalue weighted by molar-refractivity contribution is 0.0990. The molecule has 94 valence electrons. The van der Waals surface area contributed by atoms with Gasteiger partial charge in [0.2, 0.25) is 5.82 Å². The average molecular weight is 269 g/mol. The highest BCUT2D eigenvalue weighted by Crippen LogP contribution is 2.32. The van der Waals surface area contributed by atoms with Gasteiger partial charge in [0.05, 0.1) is 5.69 Å². The molecule has 5 heteroatoms. The number of nitrogens with two attached hydrogens (primary N) is 1. The van der Waals surface area contributed by atoms with E-state index in [1.807, 2.05) is 36.6 Å². The van der Waals surface area contributed by atoms with E-state index in [9.17, 15) is 4.79 Å². The van der Waals surface area contributed by atoms with E-state index >= 15 is 0 Å². The molecule has 2 N–H and O–H groups in total. The van der Waals surface area contributed by atoms with Gasteiger partial charge in [0.25, 0.3) is 5.91 Å². The van der Waals surface area contributed by atoms with Crippen molar-refractivity contribution in [2.75, 3.05) is 0 Å². The van der Waals surface area contributed by atoms with Gasteiger partial charge in [0, 0.05) is 26.7 Å². The summed E-state index contributed by atoms with van der Waals surface area (Å²) in [6.07, 6.45) is 0. The summed E-state index contributed by atoms with van der Waals surface area (Å²) in [6.45, 7) is 1.83. The first-order valence-electron chi connectivity index (χ1n) is 5.77. The van der Waals surface area contributed by atoms with Crippen molar-refractivity contribution in [1.82, 2.24) is 9.97 Å². The van der Waals surface area contributed by atoms with Gasteiger partial charge in [-0.2, -0.15) is 0 Å². The van der Waals surface area contributed by atoms with Gasteiger partial charge in [-0.05, 0) is 19.1 Å². The normalized spacial score (nSPS) is 10.8. The Morgan fingerprint density at radius 2 is 2.05 bits per heavy atom. The number of hydrogen-bond donors (Lipinski definition) is 1. The molecule has 0 bridgehead atoms. The number of fused-ring (bicyclic) bond motifs is 1. The van der Waals surface area contributed by atoms with Crippen LogP contribution in [0.25, 0.3) is 21.3 Å². The minimum Gasteiger partial charge on any atom is -0.363 e. The Kier molecular flexibility index (Phi) is 2.76. The van der Waals surface area contributed by atoms with Gasteiger partial charge >= 0.3 is 0 Å². The molecule has 0 fully saturated rings. The zero-order valence-corrected chi connectivity index (χ0v) is 11.1. The number of aromatic nitrogens is 2. The van der Waals surface area contributed by atoms with Crippen molar-refractivity contribution in [1.29, 1.82) is 0 Å². The second-order valence-corrected chi connectivity index (χ2v) is 5.14. The molecule has 2 aromatic heterocycles. The molecule has 3 aromatic rings. The van der Waals surface area contributed by atoms with Gasteiger partial charge in [0.15, 0.2) is 0 Å². The van der Waals surface area contributed by atoms with Crippen LogP contribution < -0.4 is 5.73 Å². The molecule has 0 aliphatic heterocycles. The van der Waals surface area contributed by atoms with Crippen LogP contribution in [0.2, 0.25) is 0 Å². The largest absolute Gasteiger partial charge is 0.363 e. The summed E-state index contributed by atoms with van der Waals surface area (Å²) in [5.41, 5.74) is 7.73. The quantitative estimate of drug-likeness (QED) is 0.777. The Bertz CT molecular complexity index is 779. The molecule has 0 saturated carbocycles. The van der Waals surface area contributed by atoms with Crippen LogP contribution in [0.4, 0.5) is 0 Å². The van der Waals surface area contributed by atoms with E-state index in [1.165, 1.54) is 4.70 Å². The SMILES string of the molecule is Cc1cc(-c2csc3ccccc23)nc(C(N)=O)n1. The molecular formula is C14H11N3OS. The third kappa shape index (κ3) is 2.08. The third-order valence-electron chi connectivity index (χ3n) is 2.83. The van der Waals surface area contributed by atoms with E-state index in [-0.39, 0.29) is 5.82 Å². The summed E-state index contributed by atoms with van der Waals surface area (Å²) in [5, 5.41) is 3.16. The number of primary amides is 1. The van der Waals surface area contributed by atoms with E-state index in [4.69, 9.17) is 5.73 Å². The van der Waals surface area contributed by atoms with Crippen LogP contribution in [0.15, 0.2) is 35.7 Å². The van der Waals surface area contributed by atoms with Gasteiger partial charge in [0.1, 0.15) is 0 Å². The van der Waals surface area contributed by atoms with Gasteiger partial charge in [-0.3, -0.25) is 4.79 Å². The van der Waals surface area contributed by atoms with Gasteiger partial charge in [-0.25, -0.2) is 9.97 Å². The van der Waals surface area contributed by atoms with Crippen LogP contribution in [0, 0.1) is 6.92 Å². The molecule has 0 saturated heterocycles. The number of amides is 1. The van der Waals surface area contributed by atoms with E-state index in [2.05, 4.69) is 16.0 Å². The summed E-state index contributed by atoms with van der Waals surface area (Å²) in [5.74, 6) is -0.547. The molecule has 0 aliphatic carbocycles. The Morgan fingerprint density at radius 3 is 2.84 bits per heavy atom. The van der Waals surface area contributed by atoms with E-state index in [1.54, 1.807) is 11.3 Å². The monoisotopic (exact) mass is 269 g/mol. The molecule has 0 radical (unpaired) electrons. The molecule has 1 amide bonds. The molecule has 0 unspecified atom stereocenters. The highest BCUT2D eigenvalue weighted by molar-refractivity contribution is 7.17. The molecule has 0 aliphatic rings. The number of carbonyl (C=O) groups is 1. The number of rotatable bonds is 2. The van der Waals surface area contributed by atoms with Crippen molar-refractivity contribution in [2.45, 2.75) is 6.92 Å². The number of thiophene rings is 1. The van der Waals surface area contributed by atoms with Crippen LogP contribution in [-0.2, 0) is 0 Å². The zero-order chi connectivity index (χ0) is 13.4. The van der Waals surface area contributed by atoms with Crippen LogP contribution in [0.3, 0.4) is 0 Å². The number of carbonyl (C=O) groups excluding carboxylic acids is 1. The van der Waals surface area contributed by atoms with E-state index < -0.39 is 5.91 Å². The number of aryl methyl sites for hydroxylation is 1. The smallest absolute Gasteiger partial charge is 0.286 e. The molecule has 3 rings (SSSR count). The number of nitrogens with zero attached hydrogens (tertiary/aromatic N) is 2. The van der Waals surface area contributed by atoms with Crippen molar-refractivity contribution < 1.29 is 4.79 Å². The molecule has 2 heterocycles. The second-order valence-electron chi connectivity index (χ2n) is 4.23. The molecule has 4 nitrogen and oxygen atoms in total. The van der Waals surface area contributed by atoms with Crippen LogP contribution in [0.5, 0.6) is 0 Å². The fourth-order valence-corrected chi connectivity index (χ4v) is 2.95. The standard InChI is InChI=1S/C14H11N3OS/c1-8-6-11(17-14(16-8)13(15)18)10-7-19-12-5-3-2-4-9(10)12/h2-7H,1H3,(H2,15,18). The predicted octanol–water partition coefficient (Wildman–Crippen LogP) is 2.77. The number of benzene rings is 1. The second kappa shape index (κ2) is 4.44. The van der Waals surface area contributed by atoms with Gasteiger partial charge < -0.3 is 5.73 Å². The van der Waals surface area contributed by atoms with Crippen molar-refractivity contribution in [2.24, 2.45) is 5.73 Å².